The highest BCUT2D eigenvalue weighted by molar-refractivity contribution is 7.09. The lowest BCUT2D eigenvalue weighted by molar-refractivity contribution is -0.131. The van der Waals surface area contributed by atoms with Crippen molar-refractivity contribution >= 4 is 17.2 Å². The lowest BCUT2D eigenvalue weighted by atomic mass is 10.2. The molecule has 1 aliphatic carbocycles. The summed E-state index contributed by atoms with van der Waals surface area (Å²) in [5, 5.41) is 3.01. The Morgan fingerprint density at radius 2 is 2.10 bits per heavy atom. The molecule has 0 radical (unpaired) electrons. The smallest absolute Gasteiger partial charge is 0.229 e. The van der Waals surface area contributed by atoms with Gasteiger partial charge in [0.2, 0.25) is 5.91 Å². The monoisotopic (exact) mass is 286 g/mol. The number of thiazole rings is 1. The first-order chi connectivity index (χ1) is 9.72. The molecule has 0 bridgehead atoms. The van der Waals surface area contributed by atoms with Crippen LogP contribution in [0.4, 0.5) is 0 Å². The van der Waals surface area contributed by atoms with Gasteiger partial charge in [0.1, 0.15) is 0 Å². The van der Waals surface area contributed by atoms with Gasteiger partial charge in [-0.3, -0.25) is 4.79 Å². The van der Waals surface area contributed by atoms with Gasteiger partial charge < -0.3 is 4.90 Å². The first-order valence-electron chi connectivity index (χ1n) is 6.97. The summed E-state index contributed by atoms with van der Waals surface area (Å²) in [6, 6.07) is 10.6. The molecule has 20 heavy (non-hydrogen) atoms. The zero-order chi connectivity index (χ0) is 13.9. The molecule has 1 aromatic carbocycles. The van der Waals surface area contributed by atoms with Crippen molar-refractivity contribution in [2.45, 2.75) is 38.8 Å². The highest BCUT2D eigenvalue weighted by Gasteiger charge is 2.32. The summed E-state index contributed by atoms with van der Waals surface area (Å²) >= 11 is 1.60. The van der Waals surface area contributed by atoms with E-state index in [-0.39, 0.29) is 5.91 Å². The fourth-order valence-electron chi connectivity index (χ4n) is 2.33. The second-order valence-corrected chi connectivity index (χ2v) is 6.34. The van der Waals surface area contributed by atoms with Crippen LogP contribution >= 0.6 is 11.3 Å². The van der Waals surface area contributed by atoms with Crippen LogP contribution in [0.1, 0.15) is 29.1 Å². The molecule has 3 nitrogen and oxygen atoms in total. The van der Waals surface area contributed by atoms with Gasteiger partial charge in [-0.1, -0.05) is 30.3 Å². The molecule has 0 N–H and O–H groups in total. The molecule has 0 unspecified atom stereocenters. The average molecular weight is 286 g/mol. The predicted octanol–water partition coefficient (Wildman–Crippen LogP) is 3.19. The van der Waals surface area contributed by atoms with Crippen LogP contribution in [-0.4, -0.2) is 21.8 Å². The first-order valence-corrected chi connectivity index (χ1v) is 7.85. The number of hydrogen-bond acceptors (Lipinski definition) is 3. The summed E-state index contributed by atoms with van der Waals surface area (Å²) in [4.78, 5) is 18.9. The van der Waals surface area contributed by atoms with E-state index in [9.17, 15) is 4.79 Å². The molecule has 0 aliphatic heterocycles. The average Bonchev–Trinajstić information content (AvgIpc) is 3.21. The van der Waals surface area contributed by atoms with Crippen LogP contribution in [-0.2, 0) is 17.8 Å². The van der Waals surface area contributed by atoms with Gasteiger partial charge in [0.05, 0.1) is 17.1 Å². The zero-order valence-corrected chi connectivity index (χ0v) is 12.4. The maximum atomic E-state index is 12.5. The Morgan fingerprint density at radius 3 is 2.70 bits per heavy atom. The molecular weight excluding hydrogens is 268 g/mol. The molecule has 0 saturated heterocycles. The van der Waals surface area contributed by atoms with E-state index < -0.39 is 0 Å². The van der Waals surface area contributed by atoms with E-state index >= 15 is 0 Å². The van der Waals surface area contributed by atoms with E-state index in [1.807, 2.05) is 35.4 Å². The molecule has 104 valence electrons. The number of benzene rings is 1. The van der Waals surface area contributed by atoms with E-state index in [0.29, 0.717) is 19.0 Å². The third kappa shape index (κ3) is 3.25. The number of carbonyl (C=O) groups excluding carboxylic acids is 1. The standard InChI is InChI=1S/C16H18N2OS/c1-12-17-14(11-20-12)9-16(19)18(15-7-8-15)10-13-5-3-2-4-6-13/h2-6,11,15H,7-10H2,1H3. The van der Waals surface area contributed by atoms with E-state index in [0.717, 1.165) is 23.5 Å². The molecular formula is C16H18N2OS. The normalized spacial score (nSPS) is 14.2. The SMILES string of the molecule is Cc1nc(CC(=O)N(Cc2ccccc2)C2CC2)cs1. The molecule has 2 aromatic rings. The number of hydrogen-bond donors (Lipinski definition) is 0. The topological polar surface area (TPSA) is 33.2 Å². The Kier molecular flexibility index (Phi) is 3.83. The molecule has 1 aromatic heterocycles. The molecule has 1 saturated carbocycles. The Bertz CT molecular complexity index is 590. The van der Waals surface area contributed by atoms with Crippen LogP contribution in [0.3, 0.4) is 0 Å². The number of amides is 1. The van der Waals surface area contributed by atoms with Crippen molar-refractivity contribution in [3.63, 3.8) is 0 Å². The van der Waals surface area contributed by atoms with Gasteiger partial charge in [-0.05, 0) is 25.3 Å². The summed E-state index contributed by atoms with van der Waals surface area (Å²) in [6.45, 7) is 2.69. The van der Waals surface area contributed by atoms with E-state index in [1.54, 1.807) is 11.3 Å². The van der Waals surface area contributed by atoms with Gasteiger partial charge in [0, 0.05) is 18.0 Å². The fourth-order valence-corrected chi connectivity index (χ4v) is 2.95. The van der Waals surface area contributed by atoms with Crippen molar-refractivity contribution in [1.82, 2.24) is 9.88 Å². The molecule has 0 atom stereocenters. The maximum absolute atomic E-state index is 12.5. The van der Waals surface area contributed by atoms with Crippen molar-refractivity contribution in [1.29, 1.82) is 0 Å². The number of aromatic nitrogens is 1. The summed E-state index contributed by atoms with van der Waals surface area (Å²) < 4.78 is 0. The Labute approximate surface area is 123 Å². The Balaban J connectivity index is 1.69. The maximum Gasteiger partial charge on any atom is 0.229 e. The number of nitrogens with zero attached hydrogens (tertiary/aromatic N) is 2. The first kappa shape index (κ1) is 13.3. The molecule has 0 spiro atoms. The Hall–Kier alpha value is -1.68. The second-order valence-electron chi connectivity index (χ2n) is 5.27. The van der Waals surface area contributed by atoms with Crippen LogP contribution in [0.15, 0.2) is 35.7 Å². The fraction of sp³-hybridized carbons (Fsp3) is 0.375. The van der Waals surface area contributed by atoms with Crippen LogP contribution < -0.4 is 0 Å². The van der Waals surface area contributed by atoms with Crippen LogP contribution in [0.5, 0.6) is 0 Å². The third-order valence-corrected chi connectivity index (χ3v) is 4.32. The molecule has 1 fully saturated rings. The molecule has 1 heterocycles. The summed E-state index contributed by atoms with van der Waals surface area (Å²) in [6.07, 6.45) is 2.69. The Morgan fingerprint density at radius 1 is 1.35 bits per heavy atom. The van der Waals surface area contributed by atoms with Crippen molar-refractivity contribution in [3.8, 4) is 0 Å². The van der Waals surface area contributed by atoms with Gasteiger partial charge in [-0.15, -0.1) is 11.3 Å². The summed E-state index contributed by atoms with van der Waals surface area (Å²) in [5.74, 6) is 0.196. The van der Waals surface area contributed by atoms with Gasteiger partial charge >= 0.3 is 0 Å². The molecule has 1 aliphatic rings. The van der Waals surface area contributed by atoms with Gasteiger partial charge in [0.15, 0.2) is 0 Å². The van der Waals surface area contributed by atoms with Crippen molar-refractivity contribution < 1.29 is 4.79 Å². The largest absolute Gasteiger partial charge is 0.335 e. The van der Waals surface area contributed by atoms with Crippen molar-refractivity contribution in [2.24, 2.45) is 0 Å². The van der Waals surface area contributed by atoms with Crippen molar-refractivity contribution in [3.05, 3.63) is 52.0 Å². The predicted molar refractivity (Wildman–Crippen MR) is 80.6 cm³/mol. The van der Waals surface area contributed by atoms with E-state index in [1.165, 1.54) is 5.56 Å². The van der Waals surface area contributed by atoms with Gasteiger partial charge in [0.25, 0.3) is 0 Å². The van der Waals surface area contributed by atoms with Crippen LogP contribution in [0.2, 0.25) is 0 Å². The second kappa shape index (κ2) is 5.75. The molecule has 3 rings (SSSR count). The number of carbonyl (C=O) groups is 1. The van der Waals surface area contributed by atoms with E-state index in [2.05, 4.69) is 17.1 Å². The summed E-state index contributed by atoms with van der Waals surface area (Å²) in [5.41, 5.74) is 2.10. The van der Waals surface area contributed by atoms with Gasteiger partial charge in [-0.2, -0.15) is 0 Å². The molecule has 4 heteroatoms. The van der Waals surface area contributed by atoms with Crippen LogP contribution in [0.25, 0.3) is 0 Å². The lowest BCUT2D eigenvalue weighted by Crippen LogP contribution is -2.33. The molecule has 1 amide bonds. The number of rotatable bonds is 5. The highest BCUT2D eigenvalue weighted by atomic mass is 32.1. The minimum atomic E-state index is 0.196. The van der Waals surface area contributed by atoms with Gasteiger partial charge in [-0.25, -0.2) is 4.98 Å². The quantitative estimate of drug-likeness (QED) is 0.845. The minimum absolute atomic E-state index is 0.196. The summed E-state index contributed by atoms with van der Waals surface area (Å²) in [7, 11) is 0. The minimum Gasteiger partial charge on any atom is -0.335 e. The van der Waals surface area contributed by atoms with Crippen molar-refractivity contribution in [2.75, 3.05) is 0 Å². The third-order valence-electron chi connectivity index (χ3n) is 3.50. The van der Waals surface area contributed by atoms with E-state index in [4.69, 9.17) is 0 Å². The highest BCUT2D eigenvalue weighted by Crippen LogP contribution is 2.29. The zero-order valence-electron chi connectivity index (χ0n) is 11.6. The number of aryl methyl sites for hydroxylation is 1. The van der Waals surface area contributed by atoms with Crippen LogP contribution in [0, 0.1) is 6.92 Å². The lowest BCUT2D eigenvalue weighted by Gasteiger charge is -2.22.